The highest BCUT2D eigenvalue weighted by Crippen LogP contribution is 2.45. The number of fused-ring (bicyclic) bond motifs is 1. The minimum absolute atomic E-state index is 0.114. The van der Waals surface area contributed by atoms with Crippen molar-refractivity contribution in [3.8, 4) is 11.8 Å². The monoisotopic (exact) mass is 278 g/mol. The van der Waals surface area contributed by atoms with E-state index in [9.17, 15) is 15.0 Å². The predicted molar refractivity (Wildman–Crippen MR) is 77.9 cm³/mol. The van der Waals surface area contributed by atoms with Gasteiger partial charge in [0.2, 0.25) is 0 Å². The van der Waals surface area contributed by atoms with Crippen molar-refractivity contribution in [3.05, 3.63) is 0 Å². The number of hydrogen-bond acceptors (Lipinski definition) is 3. The Morgan fingerprint density at radius 1 is 1.30 bits per heavy atom. The highest BCUT2D eigenvalue weighted by molar-refractivity contribution is 5.87. The quantitative estimate of drug-likeness (QED) is 0.599. The Labute approximate surface area is 121 Å². The number of hydrogen-bond donors (Lipinski definition) is 2. The highest BCUT2D eigenvalue weighted by atomic mass is 16.3. The molecule has 0 saturated heterocycles. The number of Topliss-reactive ketones (excluding diaryl/α,β-unsaturated/α-hetero) is 1. The van der Waals surface area contributed by atoms with Gasteiger partial charge in [0.15, 0.2) is 0 Å². The molecule has 0 unspecified atom stereocenters. The predicted octanol–water partition coefficient (Wildman–Crippen LogP) is 2.30. The van der Waals surface area contributed by atoms with Gasteiger partial charge in [-0.05, 0) is 31.6 Å². The van der Waals surface area contributed by atoms with E-state index in [4.69, 9.17) is 0 Å². The first-order chi connectivity index (χ1) is 9.63. The Bertz CT molecular complexity index is 393. The molecule has 5 atom stereocenters. The van der Waals surface area contributed by atoms with Crippen molar-refractivity contribution in [2.75, 3.05) is 0 Å². The van der Waals surface area contributed by atoms with Gasteiger partial charge < -0.3 is 10.2 Å². The molecule has 0 radical (unpaired) electrons. The van der Waals surface area contributed by atoms with Crippen LogP contribution in [-0.4, -0.2) is 28.2 Å². The molecule has 0 amide bonds. The van der Waals surface area contributed by atoms with E-state index in [1.807, 2.05) is 0 Å². The smallest absolute Gasteiger partial charge is 0.136 e. The molecule has 2 N–H and O–H groups in total. The molecule has 3 nitrogen and oxygen atoms in total. The lowest BCUT2D eigenvalue weighted by atomic mass is 9.59. The molecule has 0 bridgehead atoms. The van der Waals surface area contributed by atoms with Crippen LogP contribution in [0.15, 0.2) is 0 Å². The van der Waals surface area contributed by atoms with Gasteiger partial charge in [-0.1, -0.05) is 38.0 Å². The van der Waals surface area contributed by atoms with Gasteiger partial charge in [0.25, 0.3) is 0 Å². The molecule has 0 aromatic rings. The summed E-state index contributed by atoms with van der Waals surface area (Å²) in [6, 6.07) is 0. The lowest BCUT2D eigenvalue weighted by Crippen LogP contribution is -2.49. The van der Waals surface area contributed by atoms with Gasteiger partial charge in [0.1, 0.15) is 11.9 Å². The average molecular weight is 278 g/mol. The zero-order chi connectivity index (χ0) is 14.5. The van der Waals surface area contributed by atoms with E-state index in [2.05, 4.69) is 18.8 Å². The van der Waals surface area contributed by atoms with Crippen molar-refractivity contribution in [2.24, 2.45) is 17.8 Å². The Morgan fingerprint density at radius 3 is 2.80 bits per heavy atom. The summed E-state index contributed by atoms with van der Waals surface area (Å²) in [6.07, 6.45) is 6.26. The third-order valence-corrected chi connectivity index (χ3v) is 4.76. The van der Waals surface area contributed by atoms with E-state index >= 15 is 0 Å². The molecular formula is C17H26O3. The van der Waals surface area contributed by atoms with Gasteiger partial charge in [-0.3, -0.25) is 4.79 Å². The van der Waals surface area contributed by atoms with Gasteiger partial charge in [-0.25, -0.2) is 0 Å². The van der Waals surface area contributed by atoms with Crippen LogP contribution in [0.4, 0.5) is 0 Å². The zero-order valence-corrected chi connectivity index (χ0v) is 12.3. The highest BCUT2D eigenvalue weighted by Gasteiger charge is 2.48. The number of rotatable bonds is 5. The molecule has 0 aromatic heterocycles. The number of ketones is 1. The van der Waals surface area contributed by atoms with Crippen LogP contribution in [0, 0.1) is 29.6 Å². The van der Waals surface area contributed by atoms with Crippen molar-refractivity contribution in [3.63, 3.8) is 0 Å². The zero-order valence-electron chi connectivity index (χ0n) is 12.3. The van der Waals surface area contributed by atoms with Gasteiger partial charge in [0, 0.05) is 12.3 Å². The minimum atomic E-state index is -0.588. The number of aliphatic hydroxyl groups is 2. The Balaban J connectivity index is 1.82. The van der Waals surface area contributed by atoms with Crippen molar-refractivity contribution in [2.45, 2.75) is 70.5 Å². The van der Waals surface area contributed by atoms with Crippen LogP contribution in [0.5, 0.6) is 0 Å². The van der Waals surface area contributed by atoms with Crippen LogP contribution < -0.4 is 0 Å². The summed E-state index contributed by atoms with van der Waals surface area (Å²) in [5, 5.41) is 19.9. The van der Waals surface area contributed by atoms with Gasteiger partial charge in [0.05, 0.1) is 12.0 Å². The second kappa shape index (κ2) is 7.24. The maximum absolute atomic E-state index is 11.5. The fourth-order valence-corrected chi connectivity index (χ4v) is 3.40. The second-order valence-electron chi connectivity index (χ2n) is 6.27. The normalized spacial score (nSPS) is 33.6. The summed E-state index contributed by atoms with van der Waals surface area (Å²) in [5.74, 6) is 6.52. The van der Waals surface area contributed by atoms with E-state index in [-0.39, 0.29) is 17.8 Å². The molecule has 2 aliphatic carbocycles. The number of carbonyl (C=O) groups is 1. The Morgan fingerprint density at radius 2 is 2.10 bits per heavy atom. The summed E-state index contributed by atoms with van der Waals surface area (Å²) in [6.45, 7) is 2.16. The number of aliphatic hydroxyl groups excluding tert-OH is 2. The summed E-state index contributed by atoms with van der Waals surface area (Å²) < 4.78 is 0. The molecule has 0 heterocycles. The van der Waals surface area contributed by atoms with Crippen molar-refractivity contribution in [1.29, 1.82) is 0 Å². The molecule has 2 rings (SSSR count). The van der Waals surface area contributed by atoms with Crippen molar-refractivity contribution in [1.82, 2.24) is 0 Å². The first-order valence-corrected chi connectivity index (χ1v) is 8.03. The molecule has 3 heteroatoms. The van der Waals surface area contributed by atoms with E-state index in [1.165, 1.54) is 12.8 Å². The van der Waals surface area contributed by atoms with E-state index in [0.29, 0.717) is 25.0 Å². The standard InChI is InChI=1S/C17H26O3/c1-2-3-4-5-6-12(18)7-8-13-15-11-17(20)14(15)9-10-16(13)19/h12-16,18-19H,2-6,9-11H2,1H3/t12-,13-,14+,15-,16-/m0/s1. The van der Waals surface area contributed by atoms with Crippen LogP contribution in [0.3, 0.4) is 0 Å². The van der Waals surface area contributed by atoms with Gasteiger partial charge in [-0.15, -0.1) is 0 Å². The molecule has 0 aliphatic heterocycles. The second-order valence-corrected chi connectivity index (χ2v) is 6.27. The molecule has 2 fully saturated rings. The maximum Gasteiger partial charge on any atom is 0.136 e. The first-order valence-electron chi connectivity index (χ1n) is 8.03. The largest absolute Gasteiger partial charge is 0.392 e. The van der Waals surface area contributed by atoms with Gasteiger partial charge >= 0.3 is 0 Å². The maximum atomic E-state index is 11.5. The van der Waals surface area contributed by atoms with Crippen LogP contribution >= 0.6 is 0 Å². The van der Waals surface area contributed by atoms with Crippen molar-refractivity contribution < 1.29 is 15.0 Å². The molecule has 112 valence electrons. The summed E-state index contributed by atoms with van der Waals surface area (Å²) in [4.78, 5) is 11.5. The van der Waals surface area contributed by atoms with Crippen LogP contribution in [0.1, 0.15) is 58.3 Å². The molecule has 20 heavy (non-hydrogen) atoms. The van der Waals surface area contributed by atoms with Crippen molar-refractivity contribution >= 4 is 5.78 Å². The molecule has 2 saturated carbocycles. The van der Waals surface area contributed by atoms with Crippen LogP contribution in [0.25, 0.3) is 0 Å². The Kier molecular flexibility index (Phi) is 5.63. The van der Waals surface area contributed by atoms with Crippen LogP contribution in [0.2, 0.25) is 0 Å². The Hall–Kier alpha value is -0.850. The third-order valence-electron chi connectivity index (χ3n) is 4.76. The fourth-order valence-electron chi connectivity index (χ4n) is 3.40. The van der Waals surface area contributed by atoms with Crippen LogP contribution in [-0.2, 0) is 4.79 Å². The first kappa shape index (κ1) is 15.5. The van der Waals surface area contributed by atoms with Gasteiger partial charge in [-0.2, -0.15) is 0 Å². The topological polar surface area (TPSA) is 57.5 Å². The molecule has 2 aliphatic rings. The molecular weight excluding hydrogens is 252 g/mol. The number of carbonyl (C=O) groups excluding carboxylic acids is 1. The lowest BCUT2D eigenvalue weighted by molar-refractivity contribution is -0.141. The van der Waals surface area contributed by atoms with E-state index in [0.717, 1.165) is 19.3 Å². The fraction of sp³-hybridized carbons (Fsp3) is 0.824. The van der Waals surface area contributed by atoms with E-state index in [1.54, 1.807) is 0 Å². The molecule has 0 spiro atoms. The summed E-state index contributed by atoms with van der Waals surface area (Å²) in [7, 11) is 0. The number of unbranched alkanes of at least 4 members (excludes halogenated alkanes) is 3. The van der Waals surface area contributed by atoms with E-state index < -0.39 is 12.2 Å². The third kappa shape index (κ3) is 3.62. The minimum Gasteiger partial charge on any atom is -0.392 e. The summed E-state index contributed by atoms with van der Waals surface area (Å²) in [5.41, 5.74) is 0. The summed E-state index contributed by atoms with van der Waals surface area (Å²) >= 11 is 0. The average Bonchev–Trinajstić information content (AvgIpc) is 2.42. The SMILES string of the molecule is CCCCCC[C@H](O)C#C[C@H]1[C@@H]2CC(=O)[C@@H]2CC[C@@H]1O. The lowest BCUT2D eigenvalue weighted by Gasteiger charge is -2.44. The molecule has 0 aromatic carbocycles.